The Bertz CT molecular complexity index is 494. The van der Waals surface area contributed by atoms with Crippen molar-refractivity contribution >= 4 is 0 Å². The fourth-order valence-corrected chi connectivity index (χ4v) is 5.18. The Kier molecular flexibility index (Phi) is 5.37. The number of fused-ring (bicyclic) bond motifs is 2. The van der Waals surface area contributed by atoms with Crippen molar-refractivity contribution < 1.29 is 0 Å². The van der Waals surface area contributed by atoms with Gasteiger partial charge in [-0.1, -0.05) is 64.4 Å². The predicted octanol–water partition coefficient (Wildman–Crippen LogP) is 5.28. The molecule has 1 aromatic carbocycles. The topological polar surface area (TPSA) is 3.24 Å². The van der Waals surface area contributed by atoms with Gasteiger partial charge in [0.15, 0.2) is 0 Å². The van der Waals surface area contributed by atoms with E-state index in [1.54, 1.807) is 5.56 Å². The number of hydrogen-bond acceptors (Lipinski definition) is 1. The minimum Gasteiger partial charge on any atom is -0.303 e. The monoisotopic (exact) mass is 301 g/mol. The first-order chi connectivity index (χ1) is 10.5. The van der Waals surface area contributed by atoms with E-state index in [2.05, 4.69) is 63.9 Å². The summed E-state index contributed by atoms with van der Waals surface area (Å²) >= 11 is 0. The van der Waals surface area contributed by atoms with E-state index in [0.717, 1.165) is 23.8 Å². The molecule has 1 aromatic rings. The van der Waals surface area contributed by atoms with Gasteiger partial charge in [-0.2, -0.15) is 0 Å². The van der Waals surface area contributed by atoms with Crippen LogP contribution in [0, 0.1) is 24.7 Å². The molecule has 1 aliphatic heterocycles. The molecule has 1 heteroatoms. The Morgan fingerprint density at radius 3 is 2.45 bits per heavy atom. The maximum atomic E-state index is 2.62. The molecular formula is C21H35N. The molecule has 1 aliphatic carbocycles. The fraction of sp³-hybridized carbons (Fsp3) is 0.714. The van der Waals surface area contributed by atoms with Crippen LogP contribution >= 0.6 is 0 Å². The highest BCUT2D eigenvalue weighted by atomic mass is 15.2. The zero-order chi connectivity index (χ0) is 16.5. The smallest absolute Gasteiger partial charge is 0.0154 e. The maximum absolute atomic E-state index is 2.62. The standard InChI is InChI=1S/C19H29N.C2H6/c1-13-7-6-8-17(11-13)19-9-10-20(5)18(16(19)4)15(3)14(2)12-19;1-2/h6-8,11,14-16,18H,9-10,12H2,1-5H3;1-2H3/t14?,15?,16-,18-,19-;/m1./s1. The molecule has 0 spiro atoms. The lowest BCUT2D eigenvalue weighted by atomic mass is 9.52. The predicted molar refractivity (Wildman–Crippen MR) is 97.3 cm³/mol. The molecule has 2 aliphatic rings. The van der Waals surface area contributed by atoms with E-state index in [1.807, 2.05) is 13.8 Å². The van der Waals surface area contributed by atoms with Crippen molar-refractivity contribution in [1.82, 2.24) is 4.90 Å². The number of piperidine rings is 1. The zero-order valence-corrected chi connectivity index (χ0v) is 15.7. The third-order valence-electron chi connectivity index (χ3n) is 6.52. The Labute approximate surface area is 138 Å². The van der Waals surface area contributed by atoms with E-state index < -0.39 is 0 Å². The third-order valence-corrected chi connectivity index (χ3v) is 6.52. The van der Waals surface area contributed by atoms with Crippen molar-refractivity contribution in [3.63, 3.8) is 0 Å². The van der Waals surface area contributed by atoms with Crippen LogP contribution < -0.4 is 0 Å². The summed E-state index contributed by atoms with van der Waals surface area (Å²) < 4.78 is 0. The molecule has 3 rings (SSSR count). The molecule has 2 unspecified atom stereocenters. The normalized spacial score (nSPS) is 38.1. The van der Waals surface area contributed by atoms with E-state index in [1.165, 1.54) is 24.9 Å². The largest absolute Gasteiger partial charge is 0.303 e. The van der Waals surface area contributed by atoms with Crippen LogP contribution in [0.25, 0.3) is 0 Å². The first-order valence-corrected chi connectivity index (χ1v) is 9.23. The number of likely N-dealkylation sites (tertiary alicyclic amines) is 1. The Morgan fingerprint density at radius 1 is 1.14 bits per heavy atom. The second kappa shape index (κ2) is 6.74. The maximum Gasteiger partial charge on any atom is 0.0154 e. The summed E-state index contributed by atoms with van der Waals surface area (Å²) in [5.74, 6) is 2.39. The highest BCUT2D eigenvalue weighted by molar-refractivity contribution is 5.33. The Hall–Kier alpha value is -0.820. The van der Waals surface area contributed by atoms with Crippen LogP contribution in [0.1, 0.15) is 58.6 Å². The summed E-state index contributed by atoms with van der Waals surface area (Å²) in [4.78, 5) is 2.62. The number of nitrogens with zero attached hydrogens (tertiary/aromatic N) is 1. The summed E-state index contributed by atoms with van der Waals surface area (Å²) in [6.45, 7) is 14.9. The lowest BCUT2D eigenvalue weighted by molar-refractivity contribution is -0.0458. The highest BCUT2D eigenvalue weighted by Crippen LogP contribution is 2.54. The molecule has 1 saturated carbocycles. The average Bonchev–Trinajstić information content (AvgIpc) is 2.51. The van der Waals surface area contributed by atoms with Gasteiger partial charge < -0.3 is 4.90 Å². The molecule has 2 bridgehead atoms. The summed E-state index contributed by atoms with van der Waals surface area (Å²) in [6, 6.07) is 10.1. The van der Waals surface area contributed by atoms with Gasteiger partial charge >= 0.3 is 0 Å². The molecule has 1 nitrogen and oxygen atoms in total. The second-order valence-electron chi connectivity index (χ2n) is 7.58. The minimum absolute atomic E-state index is 0.412. The highest BCUT2D eigenvalue weighted by Gasteiger charge is 2.53. The summed E-state index contributed by atoms with van der Waals surface area (Å²) in [6.07, 6.45) is 2.69. The minimum atomic E-state index is 0.412. The molecule has 0 aromatic heterocycles. The molecule has 0 amide bonds. The van der Waals surface area contributed by atoms with Crippen LogP contribution in [0.4, 0.5) is 0 Å². The van der Waals surface area contributed by atoms with E-state index in [0.29, 0.717) is 5.41 Å². The van der Waals surface area contributed by atoms with Gasteiger partial charge in [-0.3, -0.25) is 0 Å². The molecule has 124 valence electrons. The van der Waals surface area contributed by atoms with Gasteiger partial charge in [-0.25, -0.2) is 0 Å². The fourth-order valence-electron chi connectivity index (χ4n) is 5.18. The van der Waals surface area contributed by atoms with E-state index in [4.69, 9.17) is 0 Å². The van der Waals surface area contributed by atoms with Crippen molar-refractivity contribution in [2.24, 2.45) is 17.8 Å². The zero-order valence-electron chi connectivity index (χ0n) is 15.7. The Morgan fingerprint density at radius 2 is 1.82 bits per heavy atom. The average molecular weight is 302 g/mol. The van der Waals surface area contributed by atoms with Crippen LogP contribution in [0.2, 0.25) is 0 Å². The lowest BCUT2D eigenvalue weighted by Crippen LogP contribution is -2.61. The summed E-state index contributed by atoms with van der Waals surface area (Å²) in [5, 5.41) is 0. The van der Waals surface area contributed by atoms with Gasteiger partial charge in [0, 0.05) is 11.5 Å². The number of aryl methyl sites for hydroxylation is 1. The van der Waals surface area contributed by atoms with Gasteiger partial charge in [0.25, 0.3) is 0 Å². The molecule has 5 atom stereocenters. The molecule has 0 N–H and O–H groups in total. The van der Waals surface area contributed by atoms with Gasteiger partial charge in [-0.05, 0) is 56.7 Å². The second-order valence-corrected chi connectivity index (χ2v) is 7.58. The number of benzene rings is 1. The van der Waals surface area contributed by atoms with Gasteiger partial charge in [0.2, 0.25) is 0 Å². The molecular weight excluding hydrogens is 266 g/mol. The SMILES string of the molecule is CC.Cc1cccc([C@]23CCN(C)[C@H](C(C)C(C)C2)[C@H]3C)c1. The van der Waals surface area contributed by atoms with Crippen molar-refractivity contribution in [2.75, 3.05) is 13.6 Å². The first-order valence-electron chi connectivity index (χ1n) is 9.23. The van der Waals surface area contributed by atoms with Crippen molar-refractivity contribution in [2.45, 2.75) is 65.8 Å². The van der Waals surface area contributed by atoms with Crippen LogP contribution in [0.3, 0.4) is 0 Å². The summed E-state index contributed by atoms with van der Waals surface area (Å²) in [5.41, 5.74) is 3.42. The molecule has 22 heavy (non-hydrogen) atoms. The first kappa shape index (κ1) is 17.5. The molecule has 1 heterocycles. The molecule has 0 radical (unpaired) electrons. The van der Waals surface area contributed by atoms with Crippen molar-refractivity contribution in [3.05, 3.63) is 35.4 Å². The summed E-state index contributed by atoms with van der Waals surface area (Å²) in [7, 11) is 2.33. The lowest BCUT2D eigenvalue weighted by Gasteiger charge is -2.59. The molecule has 1 saturated heterocycles. The Balaban J connectivity index is 0.000000847. The number of hydrogen-bond donors (Lipinski definition) is 0. The van der Waals surface area contributed by atoms with Crippen LogP contribution in [0.15, 0.2) is 24.3 Å². The van der Waals surface area contributed by atoms with Crippen LogP contribution in [-0.4, -0.2) is 24.5 Å². The van der Waals surface area contributed by atoms with Crippen LogP contribution in [0.5, 0.6) is 0 Å². The van der Waals surface area contributed by atoms with E-state index >= 15 is 0 Å². The van der Waals surface area contributed by atoms with E-state index in [9.17, 15) is 0 Å². The quantitative estimate of drug-likeness (QED) is 0.682. The van der Waals surface area contributed by atoms with Gasteiger partial charge in [0.1, 0.15) is 0 Å². The van der Waals surface area contributed by atoms with Gasteiger partial charge in [-0.15, -0.1) is 0 Å². The van der Waals surface area contributed by atoms with Crippen LogP contribution in [-0.2, 0) is 5.41 Å². The van der Waals surface area contributed by atoms with Crippen molar-refractivity contribution in [3.8, 4) is 0 Å². The van der Waals surface area contributed by atoms with E-state index in [-0.39, 0.29) is 0 Å². The third kappa shape index (κ3) is 2.73. The molecule has 2 fully saturated rings. The van der Waals surface area contributed by atoms with Crippen molar-refractivity contribution in [1.29, 1.82) is 0 Å². The number of rotatable bonds is 1. The van der Waals surface area contributed by atoms with Gasteiger partial charge in [0.05, 0.1) is 0 Å².